The number of benzene rings is 2. The van der Waals surface area contributed by atoms with Crippen molar-refractivity contribution in [1.82, 2.24) is 10.2 Å². The van der Waals surface area contributed by atoms with Gasteiger partial charge in [0, 0.05) is 35.2 Å². The van der Waals surface area contributed by atoms with Crippen molar-refractivity contribution in [2.45, 2.75) is 13.2 Å². The van der Waals surface area contributed by atoms with Crippen molar-refractivity contribution in [3.05, 3.63) is 57.6 Å². The number of nitrogens with zero attached hydrogens (tertiary/aromatic N) is 1. The molecule has 2 aromatic rings. The Kier molecular flexibility index (Phi) is 12.9. The maximum absolute atomic E-state index is 6.18. The first-order valence-electron chi connectivity index (χ1n) is 8.08. The standard InChI is InChI=1S/C19H24Cl2N2O2.2ClH/c1-23(2)9-8-22-12-14-4-7-18(19(10-14)24-3)25-13-15-5-6-16(20)11-17(15)21;;/h4-7,10-11,22H,8-9,12-13H2,1-3H3;2*1H. The van der Waals surface area contributed by atoms with Gasteiger partial charge in [-0.15, -0.1) is 24.8 Å². The van der Waals surface area contributed by atoms with Gasteiger partial charge in [0.1, 0.15) is 6.61 Å². The summed E-state index contributed by atoms with van der Waals surface area (Å²) in [6, 6.07) is 11.3. The highest BCUT2D eigenvalue weighted by atomic mass is 35.5. The van der Waals surface area contributed by atoms with E-state index in [1.807, 2.05) is 24.3 Å². The normalized spacial score (nSPS) is 10.1. The first kappa shape index (κ1) is 26.1. The Morgan fingerprint density at radius 1 is 1.00 bits per heavy atom. The Bertz CT molecular complexity index is 699. The third-order valence-electron chi connectivity index (χ3n) is 3.69. The first-order chi connectivity index (χ1) is 12.0. The SMILES string of the molecule is COc1cc(CNCCN(C)C)ccc1OCc1ccc(Cl)cc1Cl.Cl.Cl. The van der Waals surface area contributed by atoms with Gasteiger partial charge in [0.05, 0.1) is 7.11 Å². The van der Waals surface area contributed by atoms with E-state index in [9.17, 15) is 0 Å². The van der Waals surface area contributed by atoms with Crippen LogP contribution in [0.25, 0.3) is 0 Å². The van der Waals surface area contributed by atoms with Crippen LogP contribution in [0.15, 0.2) is 36.4 Å². The number of ether oxygens (including phenoxy) is 2. The second-order valence-electron chi connectivity index (χ2n) is 5.99. The minimum absolute atomic E-state index is 0. The van der Waals surface area contributed by atoms with Crippen molar-refractivity contribution >= 4 is 48.0 Å². The lowest BCUT2D eigenvalue weighted by Crippen LogP contribution is -2.26. The summed E-state index contributed by atoms with van der Waals surface area (Å²) >= 11 is 12.1. The first-order valence-corrected chi connectivity index (χ1v) is 8.84. The van der Waals surface area contributed by atoms with Crippen LogP contribution in [-0.2, 0) is 13.2 Å². The average molecular weight is 456 g/mol. The number of hydrogen-bond donors (Lipinski definition) is 1. The molecule has 1 N–H and O–H groups in total. The molecule has 0 amide bonds. The van der Waals surface area contributed by atoms with E-state index in [0.29, 0.717) is 28.2 Å². The summed E-state index contributed by atoms with van der Waals surface area (Å²) in [6.45, 7) is 3.07. The maximum atomic E-state index is 6.18. The molecule has 4 nitrogen and oxygen atoms in total. The molecular formula is C19H26Cl4N2O2. The molecule has 27 heavy (non-hydrogen) atoms. The molecule has 0 saturated carbocycles. The van der Waals surface area contributed by atoms with Crippen LogP contribution in [0.5, 0.6) is 11.5 Å². The van der Waals surface area contributed by atoms with Crippen molar-refractivity contribution in [2.24, 2.45) is 0 Å². The molecular weight excluding hydrogens is 430 g/mol. The Hall–Kier alpha value is -0.880. The fourth-order valence-electron chi connectivity index (χ4n) is 2.27. The lowest BCUT2D eigenvalue weighted by Gasteiger charge is -2.14. The topological polar surface area (TPSA) is 33.7 Å². The van der Waals surface area contributed by atoms with Gasteiger partial charge in [0.15, 0.2) is 11.5 Å². The molecule has 0 saturated heterocycles. The molecule has 0 heterocycles. The lowest BCUT2D eigenvalue weighted by atomic mass is 10.2. The summed E-state index contributed by atoms with van der Waals surface area (Å²) < 4.78 is 11.3. The molecule has 0 fully saturated rings. The minimum atomic E-state index is 0. The van der Waals surface area contributed by atoms with Crippen LogP contribution >= 0.6 is 48.0 Å². The fraction of sp³-hybridized carbons (Fsp3) is 0.368. The summed E-state index contributed by atoms with van der Waals surface area (Å²) in [5.74, 6) is 1.39. The zero-order valence-electron chi connectivity index (χ0n) is 15.6. The van der Waals surface area contributed by atoms with Crippen LogP contribution in [0.4, 0.5) is 0 Å². The summed E-state index contributed by atoms with van der Waals surface area (Å²) in [5, 5.41) is 4.61. The van der Waals surface area contributed by atoms with Crippen molar-refractivity contribution < 1.29 is 9.47 Å². The third kappa shape index (κ3) is 8.77. The van der Waals surface area contributed by atoms with Gasteiger partial charge < -0.3 is 19.7 Å². The molecule has 0 atom stereocenters. The summed E-state index contributed by atoms with van der Waals surface area (Å²) in [6.07, 6.45) is 0. The van der Waals surface area contributed by atoms with Crippen molar-refractivity contribution in [3.8, 4) is 11.5 Å². The second kappa shape index (κ2) is 13.3. The van der Waals surface area contributed by atoms with E-state index in [-0.39, 0.29) is 24.8 Å². The molecule has 2 rings (SSSR count). The van der Waals surface area contributed by atoms with E-state index in [0.717, 1.165) is 30.8 Å². The Morgan fingerprint density at radius 3 is 2.37 bits per heavy atom. The predicted octanol–water partition coefficient (Wildman–Crippen LogP) is 5.08. The van der Waals surface area contributed by atoms with Gasteiger partial charge in [-0.2, -0.15) is 0 Å². The quantitative estimate of drug-likeness (QED) is 0.534. The van der Waals surface area contributed by atoms with Gasteiger partial charge in [-0.1, -0.05) is 35.3 Å². The van der Waals surface area contributed by atoms with Crippen molar-refractivity contribution in [1.29, 1.82) is 0 Å². The largest absolute Gasteiger partial charge is 0.493 e. The molecule has 8 heteroatoms. The lowest BCUT2D eigenvalue weighted by molar-refractivity contribution is 0.284. The van der Waals surface area contributed by atoms with Gasteiger partial charge in [-0.25, -0.2) is 0 Å². The molecule has 0 aliphatic carbocycles. The highest BCUT2D eigenvalue weighted by Gasteiger charge is 2.08. The molecule has 0 aliphatic rings. The van der Waals surface area contributed by atoms with Gasteiger partial charge in [-0.3, -0.25) is 0 Å². The fourth-order valence-corrected chi connectivity index (χ4v) is 2.73. The Labute approximate surface area is 183 Å². The van der Waals surface area contributed by atoms with Gasteiger partial charge in [-0.05, 0) is 43.9 Å². The molecule has 0 bridgehead atoms. The van der Waals surface area contributed by atoms with E-state index in [1.165, 1.54) is 0 Å². The van der Waals surface area contributed by atoms with Gasteiger partial charge in [0.2, 0.25) is 0 Å². The molecule has 0 aliphatic heterocycles. The van der Waals surface area contributed by atoms with Crippen molar-refractivity contribution in [3.63, 3.8) is 0 Å². The summed E-state index contributed by atoms with van der Waals surface area (Å²) in [5.41, 5.74) is 2.02. The number of methoxy groups -OCH3 is 1. The molecule has 0 unspecified atom stereocenters. The Morgan fingerprint density at radius 2 is 1.74 bits per heavy atom. The molecule has 0 radical (unpaired) electrons. The molecule has 2 aromatic carbocycles. The number of rotatable bonds is 9. The van der Waals surface area contributed by atoms with Gasteiger partial charge in [0.25, 0.3) is 0 Å². The van der Waals surface area contributed by atoms with Crippen LogP contribution in [0.1, 0.15) is 11.1 Å². The van der Waals surface area contributed by atoms with Crippen LogP contribution in [0.2, 0.25) is 10.0 Å². The van der Waals surface area contributed by atoms with Crippen molar-refractivity contribution in [2.75, 3.05) is 34.3 Å². The average Bonchev–Trinajstić information content (AvgIpc) is 2.58. The summed E-state index contributed by atoms with van der Waals surface area (Å²) in [7, 11) is 5.76. The van der Waals surface area contributed by atoms with E-state index in [2.05, 4.69) is 24.3 Å². The third-order valence-corrected chi connectivity index (χ3v) is 4.28. The maximum Gasteiger partial charge on any atom is 0.161 e. The number of likely N-dealkylation sites (N-methyl/N-ethyl adjacent to an activating group) is 1. The van der Waals surface area contributed by atoms with E-state index >= 15 is 0 Å². The van der Waals surface area contributed by atoms with E-state index in [4.69, 9.17) is 32.7 Å². The minimum Gasteiger partial charge on any atom is -0.493 e. The zero-order chi connectivity index (χ0) is 18.2. The molecule has 152 valence electrons. The Balaban J connectivity index is 0.00000338. The second-order valence-corrected chi connectivity index (χ2v) is 6.83. The van der Waals surface area contributed by atoms with Crippen LogP contribution in [-0.4, -0.2) is 39.2 Å². The number of halogens is 4. The monoisotopic (exact) mass is 454 g/mol. The van der Waals surface area contributed by atoms with Gasteiger partial charge >= 0.3 is 0 Å². The van der Waals surface area contributed by atoms with Crippen LogP contribution in [0.3, 0.4) is 0 Å². The van der Waals surface area contributed by atoms with Crippen LogP contribution < -0.4 is 14.8 Å². The predicted molar refractivity (Wildman–Crippen MR) is 119 cm³/mol. The number of hydrogen-bond acceptors (Lipinski definition) is 4. The highest BCUT2D eigenvalue weighted by Crippen LogP contribution is 2.30. The number of nitrogens with one attached hydrogen (secondary N) is 1. The molecule has 0 spiro atoms. The zero-order valence-corrected chi connectivity index (χ0v) is 18.8. The smallest absolute Gasteiger partial charge is 0.161 e. The molecule has 0 aromatic heterocycles. The van der Waals surface area contributed by atoms with E-state index < -0.39 is 0 Å². The summed E-state index contributed by atoms with van der Waals surface area (Å²) in [4.78, 5) is 2.15. The van der Waals surface area contributed by atoms with E-state index in [1.54, 1.807) is 19.2 Å². The highest BCUT2D eigenvalue weighted by molar-refractivity contribution is 6.35. The van der Waals surface area contributed by atoms with Crippen LogP contribution in [0, 0.1) is 0 Å².